The van der Waals surface area contributed by atoms with Crippen LogP contribution in [0.25, 0.3) is 0 Å². The molecule has 0 aliphatic carbocycles. The minimum atomic E-state index is -0.305. The zero-order valence-corrected chi connectivity index (χ0v) is 18.8. The molecule has 0 amide bonds. The number of rotatable bonds is 15. The van der Waals surface area contributed by atoms with Gasteiger partial charge in [-0.2, -0.15) is 0 Å². The molecular formula is C26H36O5. The fourth-order valence-electron chi connectivity index (χ4n) is 3.38. The van der Waals surface area contributed by atoms with Crippen LogP contribution < -0.4 is 0 Å². The molecule has 1 aromatic rings. The number of unbranched alkanes of at least 4 members (excludes halogenated alkanes) is 4. The van der Waals surface area contributed by atoms with Crippen molar-refractivity contribution in [3.63, 3.8) is 0 Å². The van der Waals surface area contributed by atoms with Crippen molar-refractivity contribution in [1.82, 2.24) is 0 Å². The van der Waals surface area contributed by atoms with Crippen LogP contribution in [0.5, 0.6) is 0 Å². The predicted octanol–water partition coefficient (Wildman–Crippen LogP) is 5.80. The maximum absolute atomic E-state index is 12.4. The summed E-state index contributed by atoms with van der Waals surface area (Å²) in [5.41, 5.74) is 0.563. The molecule has 31 heavy (non-hydrogen) atoms. The van der Waals surface area contributed by atoms with E-state index in [1.165, 1.54) is 7.11 Å². The van der Waals surface area contributed by atoms with Crippen LogP contribution in [0.1, 0.15) is 75.1 Å². The molecule has 1 saturated heterocycles. The number of methoxy groups -OCH3 is 1. The zero-order chi connectivity index (χ0) is 22.3. The summed E-state index contributed by atoms with van der Waals surface area (Å²) >= 11 is 0. The number of carbonyl (C=O) groups excluding carboxylic acids is 2. The maximum Gasteiger partial charge on any atom is 0.338 e. The van der Waals surface area contributed by atoms with Crippen LogP contribution in [0.4, 0.5) is 0 Å². The molecule has 0 N–H and O–H groups in total. The van der Waals surface area contributed by atoms with E-state index in [2.05, 4.69) is 23.8 Å². The van der Waals surface area contributed by atoms with Crippen LogP contribution in [0.3, 0.4) is 0 Å². The van der Waals surface area contributed by atoms with Gasteiger partial charge in [0.2, 0.25) is 0 Å². The Morgan fingerprint density at radius 2 is 1.81 bits per heavy atom. The first-order valence-corrected chi connectivity index (χ1v) is 11.5. The lowest BCUT2D eigenvalue weighted by Crippen LogP contribution is -2.16. The molecule has 2 rings (SSSR count). The van der Waals surface area contributed by atoms with Crippen molar-refractivity contribution in [2.45, 2.75) is 83.0 Å². The van der Waals surface area contributed by atoms with Gasteiger partial charge in [-0.25, -0.2) is 4.79 Å². The van der Waals surface area contributed by atoms with Crippen LogP contribution in [0, 0.1) is 0 Å². The molecule has 1 aliphatic heterocycles. The second-order valence-electron chi connectivity index (χ2n) is 7.83. The molecule has 0 bridgehead atoms. The molecule has 1 fully saturated rings. The van der Waals surface area contributed by atoms with Gasteiger partial charge < -0.3 is 14.2 Å². The quantitative estimate of drug-likeness (QED) is 0.153. The molecule has 5 heteroatoms. The normalized spacial score (nSPS) is 18.9. The first-order chi connectivity index (χ1) is 15.1. The highest BCUT2D eigenvalue weighted by molar-refractivity contribution is 5.89. The summed E-state index contributed by atoms with van der Waals surface area (Å²) in [6.45, 7) is 2.08. The predicted molar refractivity (Wildman–Crippen MR) is 122 cm³/mol. The first-order valence-electron chi connectivity index (χ1n) is 11.5. The topological polar surface area (TPSA) is 65.1 Å². The molecule has 3 atom stereocenters. The first kappa shape index (κ1) is 24.9. The molecule has 170 valence electrons. The van der Waals surface area contributed by atoms with Gasteiger partial charge in [0.15, 0.2) is 0 Å². The lowest BCUT2D eigenvalue weighted by Gasteiger charge is -2.12. The third kappa shape index (κ3) is 10.5. The average Bonchev–Trinajstić information content (AvgIpc) is 3.55. The summed E-state index contributed by atoms with van der Waals surface area (Å²) in [5, 5.41) is 0. The van der Waals surface area contributed by atoms with E-state index in [1.807, 2.05) is 30.4 Å². The molecule has 5 nitrogen and oxygen atoms in total. The van der Waals surface area contributed by atoms with Crippen molar-refractivity contribution in [1.29, 1.82) is 0 Å². The molecule has 1 heterocycles. The largest absolute Gasteiger partial charge is 0.469 e. The summed E-state index contributed by atoms with van der Waals surface area (Å²) in [7, 11) is 1.43. The van der Waals surface area contributed by atoms with E-state index in [0.29, 0.717) is 18.4 Å². The second-order valence-corrected chi connectivity index (χ2v) is 7.83. The van der Waals surface area contributed by atoms with E-state index in [9.17, 15) is 9.59 Å². The second kappa shape index (κ2) is 14.6. The lowest BCUT2D eigenvalue weighted by atomic mass is 10.1. The van der Waals surface area contributed by atoms with E-state index in [-0.39, 0.29) is 30.3 Å². The van der Waals surface area contributed by atoms with Crippen molar-refractivity contribution in [3.8, 4) is 0 Å². The van der Waals surface area contributed by atoms with Gasteiger partial charge in [0.1, 0.15) is 12.2 Å². The van der Waals surface area contributed by atoms with Crippen LogP contribution in [0.2, 0.25) is 0 Å². The van der Waals surface area contributed by atoms with E-state index in [4.69, 9.17) is 9.47 Å². The molecule has 1 aromatic carbocycles. The standard InChI is InChI=1S/C26H36O5/c1-3-4-9-16-22(30-26(28)21-14-10-8-11-15-21)19-20-24-23(31-24)17-12-6-5-7-13-18-25(27)29-2/h4,8-11,14-15,19-20,22-24H,3,5-7,12-13,16-18H2,1-2H3/b9-4+,20-19+/t22-,23?,24?/m0/s1. The Kier molecular flexibility index (Phi) is 11.7. The van der Waals surface area contributed by atoms with Crippen molar-refractivity contribution in [2.24, 2.45) is 0 Å². The Morgan fingerprint density at radius 1 is 1.06 bits per heavy atom. The average molecular weight is 429 g/mol. The number of benzene rings is 1. The third-order valence-corrected chi connectivity index (χ3v) is 5.27. The number of carbonyl (C=O) groups is 2. The van der Waals surface area contributed by atoms with Crippen LogP contribution in [-0.4, -0.2) is 37.4 Å². The summed E-state index contributed by atoms with van der Waals surface area (Å²) in [5.74, 6) is -0.431. The fourth-order valence-corrected chi connectivity index (χ4v) is 3.38. The van der Waals surface area contributed by atoms with Gasteiger partial charge in [0.25, 0.3) is 0 Å². The van der Waals surface area contributed by atoms with Gasteiger partial charge >= 0.3 is 11.9 Å². The number of ether oxygens (including phenoxy) is 3. The highest BCUT2D eigenvalue weighted by atomic mass is 16.6. The van der Waals surface area contributed by atoms with E-state index in [1.54, 1.807) is 12.1 Å². The maximum atomic E-state index is 12.4. The van der Waals surface area contributed by atoms with Gasteiger partial charge in [0, 0.05) is 12.8 Å². The molecule has 0 radical (unpaired) electrons. The number of hydrogen-bond donors (Lipinski definition) is 0. The lowest BCUT2D eigenvalue weighted by molar-refractivity contribution is -0.140. The Morgan fingerprint density at radius 3 is 2.55 bits per heavy atom. The minimum absolute atomic E-state index is 0.118. The van der Waals surface area contributed by atoms with E-state index >= 15 is 0 Å². The molecule has 2 unspecified atom stereocenters. The number of esters is 2. The third-order valence-electron chi connectivity index (χ3n) is 5.27. The van der Waals surface area contributed by atoms with Crippen molar-refractivity contribution in [3.05, 3.63) is 60.2 Å². The van der Waals surface area contributed by atoms with Crippen LogP contribution >= 0.6 is 0 Å². The minimum Gasteiger partial charge on any atom is -0.469 e. The summed E-state index contributed by atoms with van der Waals surface area (Å²) in [6, 6.07) is 9.08. The molecule has 0 spiro atoms. The van der Waals surface area contributed by atoms with Crippen molar-refractivity contribution in [2.75, 3.05) is 7.11 Å². The monoisotopic (exact) mass is 428 g/mol. The van der Waals surface area contributed by atoms with Gasteiger partial charge in [-0.1, -0.05) is 69.0 Å². The van der Waals surface area contributed by atoms with Crippen molar-refractivity contribution < 1.29 is 23.8 Å². The Labute approximate surface area is 186 Å². The highest BCUT2D eigenvalue weighted by Gasteiger charge is 2.35. The molecular weight excluding hydrogens is 392 g/mol. The zero-order valence-electron chi connectivity index (χ0n) is 18.8. The Bertz CT molecular complexity index is 710. The summed E-state index contributed by atoms with van der Waals surface area (Å²) in [4.78, 5) is 23.5. The number of epoxide rings is 1. The van der Waals surface area contributed by atoms with Crippen LogP contribution in [0.15, 0.2) is 54.6 Å². The summed E-state index contributed by atoms with van der Waals surface area (Å²) in [6.07, 6.45) is 16.7. The van der Waals surface area contributed by atoms with E-state index in [0.717, 1.165) is 44.9 Å². The summed E-state index contributed by atoms with van der Waals surface area (Å²) < 4.78 is 16.1. The van der Waals surface area contributed by atoms with Crippen molar-refractivity contribution >= 4 is 11.9 Å². The van der Waals surface area contributed by atoms with Crippen LogP contribution in [-0.2, 0) is 19.0 Å². The fraction of sp³-hybridized carbons (Fsp3) is 0.538. The highest BCUT2D eigenvalue weighted by Crippen LogP contribution is 2.29. The smallest absolute Gasteiger partial charge is 0.338 e. The number of allylic oxidation sites excluding steroid dienone is 1. The number of hydrogen-bond acceptors (Lipinski definition) is 5. The van der Waals surface area contributed by atoms with Gasteiger partial charge in [-0.05, 0) is 37.5 Å². The van der Waals surface area contributed by atoms with E-state index < -0.39 is 0 Å². The van der Waals surface area contributed by atoms with Gasteiger partial charge in [0.05, 0.1) is 18.8 Å². The Balaban J connectivity index is 1.68. The molecule has 1 aliphatic rings. The SMILES string of the molecule is CC/C=C/C[C@@H](/C=C/C1OC1CCCCCCCC(=O)OC)OC(=O)c1ccccc1. The van der Waals surface area contributed by atoms with Gasteiger partial charge in [-0.15, -0.1) is 0 Å². The molecule has 0 aromatic heterocycles. The van der Waals surface area contributed by atoms with Gasteiger partial charge in [-0.3, -0.25) is 4.79 Å². The molecule has 0 saturated carbocycles. The Hall–Kier alpha value is -2.40.